The van der Waals surface area contributed by atoms with Crippen molar-refractivity contribution in [2.75, 3.05) is 5.32 Å². The zero-order valence-electron chi connectivity index (χ0n) is 10.1. The van der Waals surface area contributed by atoms with Crippen molar-refractivity contribution in [1.29, 1.82) is 0 Å². The third-order valence-electron chi connectivity index (χ3n) is 2.49. The Morgan fingerprint density at radius 2 is 1.95 bits per heavy atom. The van der Waals surface area contributed by atoms with Crippen molar-refractivity contribution in [3.63, 3.8) is 0 Å². The topological polar surface area (TPSA) is 85.1 Å². The Hall–Kier alpha value is -2.61. The molecule has 1 aromatic carbocycles. The van der Waals surface area contributed by atoms with Gasteiger partial charge < -0.3 is 5.32 Å². The Kier molecular flexibility index (Phi) is 4.08. The van der Waals surface area contributed by atoms with Crippen LogP contribution in [0.5, 0.6) is 0 Å². The van der Waals surface area contributed by atoms with Crippen molar-refractivity contribution in [1.82, 2.24) is 4.98 Å². The minimum absolute atomic E-state index is 0.167. The fraction of sp³-hybridized carbons (Fsp3) is 0. The van der Waals surface area contributed by atoms with Crippen molar-refractivity contribution in [2.24, 2.45) is 0 Å². The van der Waals surface area contributed by atoms with Crippen LogP contribution in [-0.4, -0.2) is 15.8 Å². The highest BCUT2D eigenvalue weighted by Crippen LogP contribution is 2.24. The number of benzene rings is 1. The number of nitro groups is 1. The number of anilines is 1. The highest BCUT2D eigenvalue weighted by atomic mass is 35.5. The Labute approximate surface area is 121 Å². The maximum atomic E-state index is 13.4. The summed E-state index contributed by atoms with van der Waals surface area (Å²) < 4.78 is 26.9. The Balaban J connectivity index is 2.41. The van der Waals surface area contributed by atoms with E-state index in [1.807, 2.05) is 5.32 Å². The quantitative estimate of drug-likeness (QED) is 0.536. The summed E-state index contributed by atoms with van der Waals surface area (Å²) in [6, 6.07) is 3.93. The molecule has 0 aliphatic heterocycles. The number of amides is 1. The molecule has 0 unspecified atom stereocenters. The summed E-state index contributed by atoms with van der Waals surface area (Å²) in [5.74, 6) is -3.09. The molecule has 0 fully saturated rings. The molecule has 1 N–H and O–H groups in total. The van der Waals surface area contributed by atoms with E-state index < -0.39 is 39.4 Å². The number of aromatic nitrogens is 1. The molecule has 0 saturated carbocycles. The van der Waals surface area contributed by atoms with Crippen LogP contribution in [0.1, 0.15) is 10.4 Å². The molecule has 21 heavy (non-hydrogen) atoms. The number of halogens is 3. The molecule has 0 bridgehead atoms. The van der Waals surface area contributed by atoms with Crippen LogP contribution in [0.15, 0.2) is 30.5 Å². The molecule has 1 heterocycles. The lowest BCUT2D eigenvalue weighted by Crippen LogP contribution is -2.16. The number of carbonyl (C=O) groups is 1. The van der Waals surface area contributed by atoms with Gasteiger partial charge in [0, 0.05) is 0 Å². The van der Waals surface area contributed by atoms with Crippen LogP contribution in [0.3, 0.4) is 0 Å². The first-order valence-electron chi connectivity index (χ1n) is 5.45. The minimum Gasteiger partial charge on any atom is -0.317 e. The van der Waals surface area contributed by atoms with Crippen LogP contribution < -0.4 is 5.32 Å². The number of carbonyl (C=O) groups excluding carboxylic acids is 1. The highest BCUT2D eigenvalue weighted by Gasteiger charge is 2.23. The first-order chi connectivity index (χ1) is 9.90. The normalized spacial score (nSPS) is 10.2. The summed E-state index contributed by atoms with van der Waals surface area (Å²) in [7, 11) is 0. The summed E-state index contributed by atoms with van der Waals surface area (Å²) in [5, 5.41) is 12.6. The van der Waals surface area contributed by atoms with Gasteiger partial charge in [0.2, 0.25) is 0 Å². The van der Waals surface area contributed by atoms with E-state index in [-0.39, 0.29) is 5.15 Å². The molecule has 0 aliphatic carbocycles. The van der Waals surface area contributed by atoms with E-state index in [2.05, 4.69) is 4.98 Å². The number of nitrogens with zero attached hydrogens (tertiary/aromatic N) is 2. The smallest absolute Gasteiger partial charge is 0.300 e. The van der Waals surface area contributed by atoms with Gasteiger partial charge in [-0.1, -0.05) is 17.7 Å². The van der Waals surface area contributed by atoms with Crippen molar-refractivity contribution in [2.45, 2.75) is 0 Å². The molecule has 0 aliphatic rings. The molecule has 0 atom stereocenters. The lowest BCUT2D eigenvalue weighted by molar-refractivity contribution is -0.385. The van der Waals surface area contributed by atoms with E-state index in [0.29, 0.717) is 0 Å². The Morgan fingerprint density at radius 1 is 1.33 bits per heavy atom. The average Bonchev–Trinajstić information content (AvgIpc) is 2.42. The van der Waals surface area contributed by atoms with Crippen LogP contribution in [0.4, 0.5) is 20.2 Å². The summed E-state index contributed by atoms with van der Waals surface area (Å²) in [6.07, 6.45) is 0.787. The first-order valence-corrected chi connectivity index (χ1v) is 5.83. The molecule has 0 spiro atoms. The van der Waals surface area contributed by atoms with E-state index >= 15 is 0 Å². The molecule has 2 rings (SSSR count). The molecule has 2 aromatic rings. The van der Waals surface area contributed by atoms with Crippen molar-refractivity contribution < 1.29 is 18.5 Å². The van der Waals surface area contributed by atoms with Gasteiger partial charge in [-0.15, -0.1) is 0 Å². The zero-order valence-corrected chi connectivity index (χ0v) is 10.9. The molecule has 6 nitrogen and oxygen atoms in total. The van der Waals surface area contributed by atoms with Crippen molar-refractivity contribution >= 4 is 28.9 Å². The number of hydrogen-bond acceptors (Lipinski definition) is 4. The van der Waals surface area contributed by atoms with Gasteiger partial charge in [-0.25, -0.2) is 13.8 Å². The largest absolute Gasteiger partial charge is 0.317 e. The fourth-order valence-electron chi connectivity index (χ4n) is 1.55. The summed E-state index contributed by atoms with van der Waals surface area (Å²) in [6.45, 7) is 0. The second-order valence-electron chi connectivity index (χ2n) is 3.83. The SMILES string of the molecule is O=C(Nc1c(F)cccc1F)c1cc(Cl)ncc1[N+](=O)[O-]. The maximum Gasteiger partial charge on any atom is 0.300 e. The van der Waals surface area contributed by atoms with Gasteiger partial charge in [0.15, 0.2) is 0 Å². The molecular weight excluding hydrogens is 308 g/mol. The van der Waals surface area contributed by atoms with Crippen LogP contribution >= 0.6 is 11.6 Å². The minimum atomic E-state index is -1.07. The van der Waals surface area contributed by atoms with Gasteiger partial charge in [0.1, 0.15) is 34.2 Å². The predicted octanol–water partition coefficient (Wildman–Crippen LogP) is 3.17. The standard InChI is InChI=1S/C12H6ClF2N3O3/c13-10-4-6(9(5-16-10)18(20)21)12(19)17-11-7(14)2-1-3-8(11)15/h1-5H,(H,17,19). The van der Waals surface area contributed by atoms with Crippen LogP contribution in [-0.2, 0) is 0 Å². The zero-order chi connectivity index (χ0) is 15.6. The van der Waals surface area contributed by atoms with E-state index in [9.17, 15) is 23.7 Å². The van der Waals surface area contributed by atoms with Gasteiger partial charge in [-0.05, 0) is 18.2 Å². The number of pyridine rings is 1. The van der Waals surface area contributed by atoms with Crippen LogP contribution in [0, 0.1) is 21.7 Å². The monoisotopic (exact) mass is 313 g/mol. The lowest BCUT2D eigenvalue weighted by Gasteiger charge is -2.07. The lowest BCUT2D eigenvalue weighted by atomic mass is 10.2. The van der Waals surface area contributed by atoms with Gasteiger partial charge >= 0.3 is 0 Å². The maximum absolute atomic E-state index is 13.4. The van der Waals surface area contributed by atoms with E-state index in [4.69, 9.17) is 11.6 Å². The Bertz CT molecular complexity index is 719. The molecule has 108 valence electrons. The van der Waals surface area contributed by atoms with E-state index in [1.165, 1.54) is 0 Å². The molecule has 0 radical (unpaired) electrons. The van der Waals surface area contributed by atoms with Gasteiger partial charge in [0.05, 0.1) is 4.92 Å². The third-order valence-corrected chi connectivity index (χ3v) is 2.70. The summed E-state index contributed by atoms with van der Waals surface area (Å²) in [4.78, 5) is 25.4. The summed E-state index contributed by atoms with van der Waals surface area (Å²) in [5.41, 5.74) is -1.79. The number of rotatable bonds is 3. The third kappa shape index (κ3) is 3.11. The molecule has 1 amide bonds. The van der Waals surface area contributed by atoms with Crippen molar-refractivity contribution in [3.8, 4) is 0 Å². The van der Waals surface area contributed by atoms with Crippen LogP contribution in [0.25, 0.3) is 0 Å². The molecule has 0 saturated heterocycles. The van der Waals surface area contributed by atoms with E-state index in [1.54, 1.807) is 0 Å². The highest BCUT2D eigenvalue weighted by molar-refractivity contribution is 6.30. The predicted molar refractivity (Wildman–Crippen MR) is 70.2 cm³/mol. The molecule has 1 aromatic heterocycles. The Morgan fingerprint density at radius 3 is 2.52 bits per heavy atom. The van der Waals surface area contributed by atoms with Crippen LogP contribution in [0.2, 0.25) is 5.15 Å². The van der Waals surface area contributed by atoms with Gasteiger partial charge in [-0.2, -0.15) is 0 Å². The number of para-hydroxylation sites is 1. The van der Waals surface area contributed by atoms with Gasteiger partial charge in [-0.3, -0.25) is 14.9 Å². The first kappa shape index (κ1) is 14.8. The van der Waals surface area contributed by atoms with E-state index in [0.717, 1.165) is 30.5 Å². The second kappa shape index (κ2) is 5.80. The summed E-state index contributed by atoms with van der Waals surface area (Å²) >= 11 is 5.57. The second-order valence-corrected chi connectivity index (χ2v) is 4.22. The van der Waals surface area contributed by atoms with Gasteiger partial charge in [0.25, 0.3) is 11.6 Å². The molecule has 9 heteroatoms. The van der Waals surface area contributed by atoms with Crippen molar-refractivity contribution in [3.05, 3.63) is 62.9 Å². The number of nitrogens with one attached hydrogen (secondary N) is 1. The fourth-order valence-corrected chi connectivity index (χ4v) is 1.71. The number of hydrogen-bond donors (Lipinski definition) is 1. The molecular formula is C12H6ClF2N3O3. The average molecular weight is 314 g/mol.